The van der Waals surface area contributed by atoms with Gasteiger partial charge in [-0.3, -0.25) is 0 Å². The molecule has 0 N–H and O–H groups in total. The van der Waals surface area contributed by atoms with E-state index in [1.165, 1.54) is 18.2 Å². The van der Waals surface area contributed by atoms with E-state index in [0.717, 1.165) is 11.1 Å². The fraction of sp³-hybridized carbons (Fsp3) is 0.154. The summed E-state index contributed by atoms with van der Waals surface area (Å²) in [5, 5.41) is 0.0162. The maximum atomic E-state index is 13.0. The monoisotopic (exact) mass is 285 g/mol. The Morgan fingerprint density at radius 2 is 2.11 bits per heavy atom. The topological polar surface area (TPSA) is 22.1 Å². The molecule has 1 heterocycles. The maximum absolute atomic E-state index is 13.0. The molecule has 0 bridgehead atoms. The summed E-state index contributed by atoms with van der Waals surface area (Å²) < 4.78 is 18.5. The molecule has 5 heteroatoms. The quantitative estimate of drug-likeness (QED) is 0.762. The average molecular weight is 286 g/mol. The molecule has 2 aromatic rings. The van der Waals surface area contributed by atoms with Crippen molar-refractivity contribution in [1.29, 1.82) is 0 Å². The van der Waals surface area contributed by atoms with Gasteiger partial charge in [0.15, 0.2) is 0 Å². The second-order valence-electron chi connectivity index (χ2n) is 3.78. The number of aromatic nitrogens is 1. The number of aryl methyl sites for hydroxylation is 1. The van der Waals surface area contributed by atoms with E-state index in [1.807, 2.05) is 13.0 Å². The predicted molar refractivity (Wildman–Crippen MR) is 70.0 cm³/mol. The third-order valence-corrected chi connectivity index (χ3v) is 2.95. The first kappa shape index (κ1) is 13.1. The van der Waals surface area contributed by atoms with Crippen molar-refractivity contribution in [3.05, 3.63) is 52.4 Å². The summed E-state index contributed by atoms with van der Waals surface area (Å²) in [6.45, 7) is 1.86. The molecule has 1 aromatic heterocycles. The van der Waals surface area contributed by atoms with Crippen molar-refractivity contribution in [2.24, 2.45) is 0 Å². The van der Waals surface area contributed by atoms with Crippen molar-refractivity contribution in [3.8, 4) is 11.6 Å². The molecule has 2 nitrogen and oxygen atoms in total. The largest absolute Gasteiger partial charge is 0.439 e. The van der Waals surface area contributed by atoms with Gasteiger partial charge >= 0.3 is 0 Å². The summed E-state index contributed by atoms with van der Waals surface area (Å²) in [7, 11) is 0. The van der Waals surface area contributed by atoms with Gasteiger partial charge in [-0.05, 0) is 30.7 Å². The van der Waals surface area contributed by atoms with Gasteiger partial charge in [0.1, 0.15) is 11.6 Å². The van der Waals surface area contributed by atoms with Crippen molar-refractivity contribution in [2.75, 3.05) is 0 Å². The van der Waals surface area contributed by atoms with Crippen LogP contribution in [0.5, 0.6) is 11.6 Å². The van der Waals surface area contributed by atoms with Crippen molar-refractivity contribution in [3.63, 3.8) is 0 Å². The van der Waals surface area contributed by atoms with Crippen LogP contribution in [0.25, 0.3) is 0 Å². The van der Waals surface area contributed by atoms with Crippen molar-refractivity contribution in [1.82, 2.24) is 4.98 Å². The van der Waals surface area contributed by atoms with Crippen molar-refractivity contribution < 1.29 is 9.13 Å². The number of hydrogen-bond acceptors (Lipinski definition) is 2. The summed E-state index contributed by atoms with van der Waals surface area (Å²) in [5.41, 5.74) is 1.77. The number of alkyl halides is 1. The van der Waals surface area contributed by atoms with E-state index < -0.39 is 5.82 Å². The van der Waals surface area contributed by atoms with Gasteiger partial charge in [-0.1, -0.05) is 11.6 Å². The highest BCUT2D eigenvalue weighted by Gasteiger charge is 2.06. The van der Waals surface area contributed by atoms with E-state index in [0.29, 0.717) is 17.5 Å². The van der Waals surface area contributed by atoms with E-state index in [2.05, 4.69) is 4.98 Å². The normalized spacial score (nSPS) is 10.4. The van der Waals surface area contributed by atoms with Crippen LogP contribution in [0.4, 0.5) is 4.39 Å². The van der Waals surface area contributed by atoms with Gasteiger partial charge in [0, 0.05) is 23.7 Å². The van der Waals surface area contributed by atoms with E-state index in [-0.39, 0.29) is 5.02 Å². The van der Waals surface area contributed by atoms with Crippen LogP contribution >= 0.6 is 23.2 Å². The fourth-order valence-electron chi connectivity index (χ4n) is 1.45. The molecular weight excluding hydrogens is 276 g/mol. The number of nitrogens with zero attached hydrogens (tertiary/aromatic N) is 1. The molecule has 0 radical (unpaired) electrons. The lowest BCUT2D eigenvalue weighted by atomic mass is 10.2. The Morgan fingerprint density at radius 1 is 1.33 bits per heavy atom. The second kappa shape index (κ2) is 5.55. The molecule has 0 unspecified atom stereocenters. The summed E-state index contributed by atoms with van der Waals surface area (Å²) in [4.78, 5) is 4.15. The van der Waals surface area contributed by atoms with Crippen LogP contribution in [0, 0.1) is 12.7 Å². The minimum atomic E-state index is -0.480. The van der Waals surface area contributed by atoms with Gasteiger partial charge < -0.3 is 4.74 Å². The third kappa shape index (κ3) is 2.92. The second-order valence-corrected chi connectivity index (χ2v) is 4.45. The number of pyridine rings is 1. The molecule has 0 saturated heterocycles. The van der Waals surface area contributed by atoms with Crippen LogP contribution in [-0.4, -0.2) is 4.98 Å². The Balaban J connectivity index is 2.25. The zero-order valence-electron chi connectivity index (χ0n) is 9.58. The molecule has 0 aliphatic carbocycles. The molecule has 0 atom stereocenters. The SMILES string of the molecule is Cc1cc(CCl)cnc1Oc1ccc(F)c(Cl)c1. The lowest BCUT2D eigenvalue weighted by Gasteiger charge is -2.08. The molecule has 1 aromatic carbocycles. The van der Waals surface area contributed by atoms with Crippen LogP contribution in [0.3, 0.4) is 0 Å². The average Bonchev–Trinajstić information content (AvgIpc) is 2.36. The first-order valence-electron chi connectivity index (χ1n) is 5.24. The highest BCUT2D eigenvalue weighted by Crippen LogP contribution is 2.27. The first-order valence-corrected chi connectivity index (χ1v) is 6.16. The summed E-state index contributed by atoms with van der Waals surface area (Å²) in [5.74, 6) is 0.810. The summed E-state index contributed by atoms with van der Waals surface area (Å²) in [6, 6.07) is 6.05. The van der Waals surface area contributed by atoms with Crippen LogP contribution in [0.15, 0.2) is 30.5 Å². The molecule has 0 amide bonds. The Kier molecular flexibility index (Phi) is 4.04. The van der Waals surface area contributed by atoms with Crippen molar-refractivity contribution in [2.45, 2.75) is 12.8 Å². The van der Waals surface area contributed by atoms with Gasteiger partial charge in [-0.25, -0.2) is 9.37 Å². The molecule has 0 aliphatic heterocycles. The molecule has 94 valence electrons. The summed E-state index contributed by atoms with van der Waals surface area (Å²) >= 11 is 11.4. The number of ether oxygens (including phenoxy) is 1. The third-order valence-electron chi connectivity index (χ3n) is 2.35. The molecule has 0 fully saturated rings. The van der Waals surface area contributed by atoms with Crippen LogP contribution in [-0.2, 0) is 5.88 Å². The maximum Gasteiger partial charge on any atom is 0.222 e. The highest BCUT2D eigenvalue weighted by molar-refractivity contribution is 6.30. The Hall–Kier alpha value is -1.32. The van der Waals surface area contributed by atoms with Crippen LogP contribution < -0.4 is 4.74 Å². The van der Waals surface area contributed by atoms with Gasteiger partial charge in [0.25, 0.3) is 0 Å². The van der Waals surface area contributed by atoms with Gasteiger partial charge in [0.2, 0.25) is 5.88 Å². The van der Waals surface area contributed by atoms with Crippen LogP contribution in [0.2, 0.25) is 5.02 Å². The predicted octanol–water partition coefficient (Wildman–Crippen LogP) is 4.71. The highest BCUT2D eigenvalue weighted by atomic mass is 35.5. The van der Waals surface area contributed by atoms with Gasteiger partial charge in [-0.2, -0.15) is 0 Å². The van der Waals surface area contributed by atoms with Crippen molar-refractivity contribution >= 4 is 23.2 Å². The number of benzene rings is 1. The number of hydrogen-bond donors (Lipinski definition) is 0. The lowest BCUT2D eigenvalue weighted by Crippen LogP contribution is -1.93. The van der Waals surface area contributed by atoms with E-state index >= 15 is 0 Å². The Labute approximate surface area is 114 Å². The number of halogens is 3. The minimum Gasteiger partial charge on any atom is -0.439 e. The van der Waals surface area contributed by atoms with Gasteiger partial charge in [0.05, 0.1) is 5.02 Å². The molecular formula is C13H10Cl2FNO. The van der Waals surface area contributed by atoms with E-state index in [9.17, 15) is 4.39 Å². The summed E-state index contributed by atoms with van der Waals surface area (Å²) in [6.07, 6.45) is 1.64. The van der Waals surface area contributed by atoms with E-state index in [1.54, 1.807) is 6.20 Å². The van der Waals surface area contributed by atoms with Crippen LogP contribution in [0.1, 0.15) is 11.1 Å². The molecule has 0 spiro atoms. The Morgan fingerprint density at radius 3 is 2.72 bits per heavy atom. The molecule has 2 rings (SSSR count). The zero-order chi connectivity index (χ0) is 13.1. The Bertz CT molecular complexity index is 575. The van der Waals surface area contributed by atoms with E-state index in [4.69, 9.17) is 27.9 Å². The lowest BCUT2D eigenvalue weighted by molar-refractivity contribution is 0.457. The molecule has 0 aliphatic rings. The standard InChI is InChI=1S/C13H10Cl2FNO/c1-8-4-9(6-14)7-17-13(8)18-10-2-3-12(16)11(15)5-10/h2-5,7H,6H2,1H3. The first-order chi connectivity index (χ1) is 8.60. The molecule has 0 saturated carbocycles. The van der Waals surface area contributed by atoms with Gasteiger partial charge in [-0.15, -0.1) is 11.6 Å². The fourth-order valence-corrected chi connectivity index (χ4v) is 1.77. The number of rotatable bonds is 3. The molecule has 18 heavy (non-hydrogen) atoms. The smallest absolute Gasteiger partial charge is 0.222 e. The zero-order valence-corrected chi connectivity index (χ0v) is 11.1. The minimum absolute atomic E-state index is 0.0162.